The molecule has 0 saturated carbocycles. The fraction of sp³-hybridized carbons (Fsp3) is 0.947. The summed E-state index contributed by atoms with van der Waals surface area (Å²) in [5, 5.41) is 8.96. The molecule has 23 heavy (non-hydrogen) atoms. The Morgan fingerprint density at radius 2 is 1.17 bits per heavy atom. The maximum Gasteiger partial charge on any atom is 1.00 e. The van der Waals surface area contributed by atoms with Gasteiger partial charge in [-0.05, 0) is 13.3 Å². The summed E-state index contributed by atoms with van der Waals surface area (Å²) in [7, 11) is 0. The van der Waals surface area contributed by atoms with Crippen LogP contribution in [-0.2, 0) is 9.53 Å². The Bertz CT molecular complexity index is 251. The fourth-order valence-electron chi connectivity index (χ4n) is 2.59. The second kappa shape index (κ2) is 21.5. The number of hydrogen-bond acceptors (Lipinski definition) is 3. The first-order valence-electron chi connectivity index (χ1n) is 9.53. The zero-order chi connectivity index (χ0) is 16.5. The average Bonchev–Trinajstić information content (AvgIpc) is 2.50. The number of rotatable bonds is 16. The molecule has 4 heteroatoms. The summed E-state index contributed by atoms with van der Waals surface area (Å²) in [6, 6.07) is 0. The van der Waals surface area contributed by atoms with Gasteiger partial charge in [0.1, 0.15) is 6.10 Å². The quantitative estimate of drug-likeness (QED) is 0.292. The molecule has 0 heterocycles. The number of unbranched alkanes of at least 4 members (excludes halogenated alkanes) is 13. The van der Waals surface area contributed by atoms with Crippen LogP contribution in [0.25, 0.3) is 0 Å². The van der Waals surface area contributed by atoms with E-state index in [-0.39, 0.29) is 70.3 Å². The van der Waals surface area contributed by atoms with E-state index in [4.69, 9.17) is 9.84 Å². The van der Waals surface area contributed by atoms with E-state index >= 15 is 0 Å². The van der Waals surface area contributed by atoms with Gasteiger partial charge < -0.3 is 11.3 Å². The van der Waals surface area contributed by atoms with Gasteiger partial charge in [-0.2, -0.15) is 0 Å². The molecule has 0 rings (SSSR count). The van der Waals surface area contributed by atoms with E-state index in [2.05, 4.69) is 6.92 Å². The third-order valence-electron chi connectivity index (χ3n) is 4.08. The molecule has 0 aliphatic rings. The molecule has 0 radical (unpaired) electrons. The van der Waals surface area contributed by atoms with Gasteiger partial charge in [-0.3, -0.25) is 0 Å². The summed E-state index contributed by atoms with van der Waals surface area (Å²) in [5.41, 5.74) is 0. The van der Waals surface area contributed by atoms with Crippen LogP contribution in [-0.4, -0.2) is 23.8 Å². The second-order valence-corrected chi connectivity index (χ2v) is 6.44. The SMILES string of the molecule is CCCCCCCCCCCCCCCCOC(=O)C(C)O.[Cs+].[H-]. The minimum Gasteiger partial charge on any atom is -1.00 e. The predicted molar refractivity (Wildman–Crippen MR) is 94.1 cm³/mol. The standard InChI is InChI=1S/C19H38O3.Cs.H/c1-3-4-5-6-7-8-9-10-11-12-13-14-15-16-17-22-19(21)18(2)20;;/h18,20H,3-17H2,1-2H3;;/q;+1;-1. The molecule has 0 amide bonds. The van der Waals surface area contributed by atoms with Crippen molar-refractivity contribution in [3.05, 3.63) is 0 Å². The van der Waals surface area contributed by atoms with Gasteiger partial charge in [0.05, 0.1) is 6.61 Å². The van der Waals surface area contributed by atoms with Crippen LogP contribution in [0.4, 0.5) is 0 Å². The summed E-state index contributed by atoms with van der Waals surface area (Å²) < 4.78 is 4.92. The molecular formula is C19H39CsO3. The Kier molecular flexibility index (Phi) is 25.0. The molecule has 0 aromatic heterocycles. The smallest absolute Gasteiger partial charge is 1.00 e. The van der Waals surface area contributed by atoms with E-state index in [1.807, 2.05) is 0 Å². The van der Waals surface area contributed by atoms with Crippen LogP contribution in [0.3, 0.4) is 0 Å². The van der Waals surface area contributed by atoms with Crippen molar-refractivity contribution in [2.75, 3.05) is 6.61 Å². The van der Waals surface area contributed by atoms with E-state index in [9.17, 15) is 4.79 Å². The zero-order valence-electron chi connectivity index (χ0n) is 16.9. The summed E-state index contributed by atoms with van der Waals surface area (Å²) >= 11 is 0. The number of aliphatic hydroxyl groups is 1. The Balaban J connectivity index is -0.00000220. The van der Waals surface area contributed by atoms with E-state index in [1.165, 1.54) is 84.0 Å². The minimum absolute atomic E-state index is 0. The fourth-order valence-corrected chi connectivity index (χ4v) is 2.59. The van der Waals surface area contributed by atoms with Crippen LogP contribution in [0.2, 0.25) is 0 Å². The van der Waals surface area contributed by atoms with Gasteiger partial charge in [-0.1, -0.05) is 90.4 Å². The predicted octanol–water partition coefficient (Wildman–Crippen LogP) is 2.51. The summed E-state index contributed by atoms with van der Waals surface area (Å²) in [4.78, 5) is 11.0. The van der Waals surface area contributed by atoms with Crippen molar-refractivity contribution >= 4 is 5.97 Å². The monoisotopic (exact) mass is 448 g/mol. The molecule has 0 fully saturated rings. The molecule has 0 aromatic rings. The van der Waals surface area contributed by atoms with Gasteiger partial charge in [0, 0.05) is 0 Å². The molecule has 0 saturated heterocycles. The molecule has 134 valence electrons. The van der Waals surface area contributed by atoms with Gasteiger partial charge >= 0.3 is 74.9 Å². The molecule has 0 aromatic carbocycles. The van der Waals surface area contributed by atoms with Crippen LogP contribution < -0.4 is 68.9 Å². The summed E-state index contributed by atoms with van der Waals surface area (Å²) in [5.74, 6) is -0.505. The first kappa shape index (κ1) is 26.7. The average molecular weight is 448 g/mol. The molecule has 1 atom stereocenters. The first-order valence-corrected chi connectivity index (χ1v) is 9.53. The van der Waals surface area contributed by atoms with E-state index in [0.717, 1.165) is 12.8 Å². The van der Waals surface area contributed by atoms with E-state index < -0.39 is 12.1 Å². The third kappa shape index (κ3) is 21.4. The normalized spacial score (nSPS) is 11.8. The van der Waals surface area contributed by atoms with Crippen molar-refractivity contribution in [2.24, 2.45) is 0 Å². The largest absolute Gasteiger partial charge is 1.00 e. The molecule has 0 spiro atoms. The van der Waals surface area contributed by atoms with Gasteiger partial charge in [0.25, 0.3) is 0 Å². The Morgan fingerprint density at radius 3 is 1.52 bits per heavy atom. The van der Waals surface area contributed by atoms with E-state index in [1.54, 1.807) is 0 Å². The molecule has 0 bridgehead atoms. The number of carbonyl (C=O) groups is 1. The molecule has 0 aliphatic carbocycles. The van der Waals surface area contributed by atoms with Crippen LogP contribution in [0.1, 0.15) is 105 Å². The number of hydrogen-bond donors (Lipinski definition) is 1. The van der Waals surface area contributed by atoms with Crippen LogP contribution in [0.15, 0.2) is 0 Å². The van der Waals surface area contributed by atoms with Crippen LogP contribution in [0.5, 0.6) is 0 Å². The van der Waals surface area contributed by atoms with Gasteiger partial charge in [-0.15, -0.1) is 0 Å². The molecule has 1 unspecified atom stereocenters. The van der Waals surface area contributed by atoms with Crippen LogP contribution >= 0.6 is 0 Å². The van der Waals surface area contributed by atoms with Crippen molar-refractivity contribution < 1.29 is 85.0 Å². The maximum absolute atomic E-state index is 11.0. The van der Waals surface area contributed by atoms with Gasteiger partial charge in [0.15, 0.2) is 0 Å². The topological polar surface area (TPSA) is 46.5 Å². The Hall–Kier alpha value is 1.48. The van der Waals surface area contributed by atoms with Crippen molar-refractivity contribution in [1.29, 1.82) is 0 Å². The van der Waals surface area contributed by atoms with Crippen molar-refractivity contribution in [2.45, 2.75) is 110 Å². The van der Waals surface area contributed by atoms with Crippen molar-refractivity contribution in [1.82, 2.24) is 0 Å². The first-order chi connectivity index (χ1) is 10.7. The molecule has 3 nitrogen and oxygen atoms in total. The van der Waals surface area contributed by atoms with Crippen LogP contribution in [0, 0.1) is 0 Å². The van der Waals surface area contributed by atoms with Crippen molar-refractivity contribution in [3.63, 3.8) is 0 Å². The van der Waals surface area contributed by atoms with Gasteiger partial charge in [0.2, 0.25) is 0 Å². The summed E-state index contributed by atoms with van der Waals surface area (Å²) in [6.07, 6.45) is 17.5. The number of carbonyl (C=O) groups excluding carboxylic acids is 1. The molecular weight excluding hydrogens is 409 g/mol. The maximum atomic E-state index is 11.0. The third-order valence-corrected chi connectivity index (χ3v) is 4.08. The Labute approximate surface area is 204 Å². The van der Waals surface area contributed by atoms with E-state index in [0.29, 0.717) is 6.61 Å². The number of ether oxygens (including phenoxy) is 1. The zero-order valence-corrected chi connectivity index (χ0v) is 22.2. The molecule has 1 N–H and O–H groups in total. The Morgan fingerprint density at radius 1 is 0.826 bits per heavy atom. The number of aliphatic hydroxyl groups excluding tert-OH is 1. The summed E-state index contributed by atoms with van der Waals surface area (Å²) in [6.45, 7) is 4.15. The second-order valence-electron chi connectivity index (χ2n) is 6.44. The van der Waals surface area contributed by atoms with Crippen molar-refractivity contribution in [3.8, 4) is 0 Å². The van der Waals surface area contributed by atoms with Gasteiger partial charge in [-0.25, -0.2) is 4.79 Å². The minimum atomic E-state index is -0.994. The number of esters is 1. The molecule has 0 aliphatic heterocycles.